The van der Waals surface area contributed by atoms with Crippen LogP contribution in [0.15, 0.2) is 41.8 Å². The molecule has 0 saturated carbocycles. The molecule has 3 rings (SSSR count). The van der Waals surface area contributed by atoms with E-state index in [1.54, 1.807) is 23.1 Å². The number of nitrogens with zero attached hydrogens (tertiary/aromatic N) is 1. The van der Waals surface area contributed by atoms with Crippen LogP contribution in [0.3, 0.4) is 0 Å². The number of benzene rings is 1. The highest BCUT2D eigenvalue weighted by atomic mass is 32.1. The highest BCUT2D eigenvalue weighted by Crippen LogP contribution is 2.22. The van der Waals surface area contributed by atoms with Gasteiger partial charge in [-0.15, -0.1) is 11.3 Å². The van der Waals surface area contributed by atoms with E-state index in [1.165, 1.54) is 11.3 Å². The molecule has 2 N–H and O–H groups in total. The van der Waals surface area contributed by atoms with Crippen LogP contribution in [0.25, 0.3) is 0 Å². The summed E-state index contributed by atoms with van der Waals surface area (Å²) in [4.78, 5) is 40.0. The number of hydrogen-bond donors (Lipinski definition) is 2. The normalized spacial score (nSPS) is 17.0. The van der Waals surface area contributed by atoms with Gasteiger partial charge in [-0.1, -0.05) is 25.1 Å². The third-order valence-electron chi connectivity index (χ3n) is 5.19. The molecule has 154 valence electrons. The lowest BCUT2D eigenvalue weighted by molar-refractivity contribution is -0.125. The fourth-order valence-corrected chi connectivity index (χ4v) is 4.04. The van der Waals surface area contributed by atoms with Crippen molar-refractivity contribution in [1.29, 1.82) is 0 Å². The van der Waals surface area contributed by atoms with Crippen LogP contribution in [0.2, 0.25) is 0 Å². The lowest BCUT2D eigenvalue weighted by Gasteiger charge is -2.23. The largest absolute Gasteiger partial charge is 0.350 e. The van der Waals surface area contributed by atoms with E-state index >= 15 is 0 Å². The third-order valence-corrected chi connectivity index (χ3v) is 6.05. The smallest absolute Gasteiger partial charge is 0.264 e. The number of rotatable bonds is 7. The average molecular weight is 414 g/mol. The number of amides is 3. The van der Waals surface area contributed by atoms with Crippen molar-refractivity contribution in [3.8, 4) is 0 Å². The second kappa shape index (κ2) is 9.69. The SMILES string of the molecule is CCC(C)NC(=O)c1cccc(CNC(=O)[C@@H]2CCCN2C(=O)c2cccs2)c1. The van der Waals surface area contributed by atoms with Crippen molar-refractivity contribution >= 4 is 29.1 Å². The lowest BCUT2D eigenvalue weighted by atomic mass is 10.1. The van der Waals surface area contributed by atoms with Crippen molar-refractivity contribution in [1.82, 2.24) is 15.5 Å². The van der Waals surface area contributed by atoms with Crippen LogP contribution in [0.1, 0.15) is 58.7 Å². The Hall–Kier alpha value is -2.67. The maximum Gasteiger partial charge on any atom is 0.264 e. The molecule has 3 amide bonds. The summed E-state index contributed by atoms with van der Waals surface area (Å²) >= 11 is 1.39. The fourth-order valence-electron chi connectivity index (χ4n) is 3.36. The summed E-state index contributed by atoms with van der Waals surface area (Å²) in [6.45, 7) is 4.90. The van der Waals surface area contributed by atoms with Crippen molar-refractivity contribution in [3.05, 3.63) is 57.8 Å². The van der Waals surface area contributed by atoms with Gasteiger partial charge in [0, 0.05) is 24.7 Å². The highest BCUT2D eigenvalue weighted by Gasteiger charge is 2.34. The van der Waals surface area contributed by atoms with E-state index < -0.39 is 6.04 Å². The van der Waals surface area contributed by atoms with Gasteiger partial charge in [-0.2, -0.15) is 0 Å². The molecule has 1 aromatic heterocycles. The molecule has 6 nitrogen and oxygen atoms in total. The van der Waals surface area contributed by atoms with Gasteiger partial charge in [0.15, 0.2) is 0 Å². The fraction of sp³-hybridized carbons (Fsp3) is 0.409. The van der Waals surface area contributed by atoms with Gasteiger partial charge in [0.2, 0.25) is 5.91 Å². The van der Waals surface area contributed by atoms with Gasteiger partial charge in [0.1, 0.15) is 6.04 Å². The minimum Gasteiger partial charge on any atom is -0.350 e. The van der Waals surface area contributed by atoms with Crippen molar-refractivity contribution < 1.29 is 14.4 Å². The predicted molar refractivity (Wildman–Crippen MR) is 114 cm³/mol. The molecule has 1 aliphatic rings. The summed E-state index contributed by atoms with van der Waals surface area (Å²) in [7, 11) is 0. The first kappa shape index (κ1) is 21.0. The van der Waals surface area contributed by atoms with Crippen LogP contribution in [-0.2, 0) is 11.3 Å². The first-order chi connectivity index (χ1) is 14.0. The summed E-state index contributed by atoms with van der Waals surface area (Å²) in [5.74, 6) is -0.348. The maximum absolute atomic E-state index is 12.7. The van der Waals surface area contributed by atoms with E-state index in [1.807, 2.05) is 37.4 Å². The van der Waals surface area contributed by atoms with Crippen LogP contribution < -0.4 is 10.6 Å². The average Bonchev–Trinajstić information content (AvgIpc) is 3.43. The first-order valence-electron chi connectivity index (χ1n) is 10.0. The molecule has 0 radical (unpaired) electrons. The Balaban J connectivity index is 1.59. The van der Waals surface area contributed by atoms with Crippen LogP contribution >= 0.6 is 11.3 Å². The summed E-state index contributed by atoms with van der Waals surface area (Å²) in [5.41, 5.74) is 1.43. The van der Waals surface area contributed by atoms with Gasteiger partial charge < -0.3 is 15.5 Å². The molecule has 1 unspecified atom stereocenters. The van der Waals surface area contributed by atoms with E-state index in [-0.39, 0.29) is 23.8 Å². The van der Waals surface area contributed by atoms with Crippen LogP contribution in [-0.4, -0.2) is 41.2 Å². The zero-order valence-corrected chi connectivity index (χ0v) is 17.6. The minimum atomic E-state index is -0.443. The summed E-state index contributed by atoms with van der Waals surface area (Å²) in [5, 5.41) is 7.74. The molecule has 2 aromatic rings. The maximum atomic E-state index is 12.7. The standard InChI is InChI=1S/C22H27N3O3S/c1-3-15(2)24-20(26)17-8-4-7-16(13-17)14-23-21(27)18-9-5-11-25(18)22(28)19-10-6-12-29-19/h4,6-8,10,12-13,15,18H,3,5,9,11,14H2,1-2H3,(H,23,27)(H,24,26)/t15?,18-/m0/s1. The summed E-state index contributed by atoms with van der Waals surface area (Å²) in [6, 6.07) is 10.5. The third kappa shape index (κ3) is 5.23. The molecule has 29 heavy (non-hydrogen) atoms. The van der Waals surface area contributed by atoms with Crippen LogP contribution in [0.5, 0.6) is 0 Å². The topological polar surface area (TPSA) is 78.5 Å². The molecule has 7 heteroatoms. The van der Waals surface area contributed by atoms with Crippen molar-refractivity contribution in [3.63, 3.8) is 0 Å². The number of carbonyl (C=O) groups excluding carboxylic acids is 3. The van der Waals surface area contributed by atoms with Gasteiger partial charge in [-0.3, -0.25) is 14.4 Å². The van der Waals surface area contributed by atoms with Gasteiger partial charge in [0.05, 0.1) is 4.88 Å². The van der Waals surface area contributed by atoms with E-state index in [0.29, 0.717) is 30.0 Å². The number of hydrogen-bond acceptors (Lipinski definition) is 4. The van der Waals surface area contributed by atoms with Crippen molar-refractivity contribution in [2.24, 2.45) is 0 Å². The summed E-state index contributed by atoms with van der Waals surface area (Å²) < 4.78 is 0. The molecular formula is C22H27N3O3S. The molecule has 1 saturated heterocycles. The second-order valence-corrected chi connectivity index (χ2v) is 8.28. The number of carbonyl (C=O) groups is 3. The van der Waals surface area contributed by atoms with E-state index in [2.05, 4.69) is 10.6 Å². The molecule has 1 fully saturated rings. The zero-order chi connectivity index (χ0) is 20.8. The van der Waals surface area contributed by atoms with Crippen LogP contribution in [0.4, 0.5) is 0 Å². The number of thiophene rings is 1. The Morgan fingerprint density at radius 1 is 1.24 bits per heavy atom. The van der Waals surface area contributed by atoms with Gasteiger partial charge in [-0.25, -0.2) is 0 Å². The molecule has 0 bridgehead atoms. The van der Waals surface area contributed by atoms with E-state index in [9.17, 15) is 14.4 Å². The summed E-state index contributed by atoms with van der Waals surface area (Å²) in [6.07, 6.45) is 2.35. The molecule has 1 aliphatic heterocycles. The number of nitrogens with one attached hydrogen (secondary N) is 2. The first-order valence-corrected chi connectivity index (χ1v) is 10.9. The highest BCUT2D eigenvalue weighted by molar-refractivity contribution is 7.12. The Labute approximate surface area is 175 Å². The molecule has 1 aromatic carbocycles. The quantitative estimate of drug-likeness (QED) is 0.732. The predicted octanol–water partition coefficient (Wildman–Crippen LogP) is 3.20. The van der Waals surface area contributed by atoms with E-state index in [4.69, 9.17) is 0 Å². The van der Waals surface area contributed by atoms with E-state index in [0.717, 1.165) is 18.4 Å². The Morgan fingerprint density at radius 2 is 2.07 bits per heavy atom. The molecule has 2 atom stereocenters. The minimum absolute atomic E-state index is 0.0821. The Bertz CT molecular complexity index is 866. The lowest BCUT2D eigenvalue weighted by Crippen LogP contribution is -2.45. The van der Waals surface area contributed by atoms with Gasteiger partial charge in [-0.05, 0) is 55.3 Å². The molecular weight excluding hydrogens is 386 g/mol. The number of likely N-dealkylation sites (tertiary alicyclic amines) is 1. The molecule has 0 aliphatic carbocycles. The monoisotopic (exact) mass is 413 g/mol. The van der Waals surface area contributed by atoms with Crippen molar-refractivity contribution in [2.75, 3.05) is 6.54 Å². The Kier molecular flexibility index (Phi) is 7.04. The van der Waals surface area contributed by atoms with Crippen LogP contribution in [0, 0.1) is 0 Å². The Morgan fingerprint density at radius 3 is 2.79 bits per heavy atom. The van der Waals surface area contributed by atoms with Gasteiger partial charge in [0.25, 0.3) is 11.8 Å². The molecule has 0 spiro atoms. The van der Waals surface area contributed by atoms with Crippen molar-refractivity contribution in [2.45, 2.75) is 51.7 Å². The second-order valence-electron chi connectivity index (χ2n) is 7.33. The zero-order valence-electron chi connectivity index (χ0n) is 16.8. The molecule has 2 heterocycles. The van der Waals surface area contributed by atoms with Gasteiger partial charge >= 0.3 is 0 Å².